The molecule has 3 fully saturated rings. The summed E-state index contributed by atoms with van der Waals surface area (Å²) in [6.45, 7) is 3.74. The lowest BCUT2D eigenvalue weighted by molar-refractivity contribution is 0.122. The summed E-state index contributed by atoms with van der Waals surface area (Å²) in [6, 6.07) is 8.59. The Labute approximate surface area is 157 Å². The van der Waals surface area contributed by atoms with Crippen molar-refractivity contribution in [2.24, 2.45) is 11.8 Å². The average Bonchev–Trinajstić information content (AvgIpc) is 3.38. The molecule has 3 heterocycles. The number of rotatable bonds is 4. The van der Waals surface area contributed by atoms with Gasteiger partial charge in [0.15, 0.2) is 0 Å². The summed E-state index contributed by atoms with van der Waals surface area (Å²) in [4.78, 5) is 24.3. The summed E-state index contributed by atoms with van der Waals surface area (Å²) in [6.07, 6.45) is 2.07. The fourth-order valence-corrected chi connectivity index (χ4v) is 4.46. The minimum absolute atomic E-state index is 0.123. The predicted molar refractivity (Wildman–Crippen MR) is 101 cm³/mol. The third-order valence-electron chi connectivity index (χ3n) is 5.98. The average molecular weight is 370 g/mol. The quantitative estimate of drug-likeness (QED) is 0.890. The Morgan fingerprint density at radius 2 is 2.00 bits per heavy atom. The maximum atomic E-state index is 13.2. The monoisotopic (exact) mass is 370 g/mol. The Hall–Kier alpha value is -2.41. The highest BCUT2D eigenvalue weighted by molar-refractivity contribution is 5.47. The van der Waals surface area contributed by atoms with Crippen molar-refractivity contribution < 1.29 is 9.13 Å². The van der Waals surface area contributed by atoms with Crippen LogP contribution in [0.5, 0.6) is 0 Å². The highest BCUT2D eigenvalue weighted by atomic mass is 19.1. The van der Waals surface area contributed by atoms with Gasteiger partial charge in [-0.3, -0.25) is 9.78 Å². The van der Waals surface area contributed by atoms with Crippen LogP contribution < -0.4 is 15.4 Å². The first kappa shape index (κ1) is 16.7. The van der Waals surface area contributed by atoms with E-state index in [-0.39, 0.29) is 11.4 Å². The number of anilines is 2. The van der Waals surface area contributed by atoms with Crippen LogP contribution in [0.15, 0.2) is 35.1 Å². The first-order valence-corrected chi connectivity index (χ1v) is 9.62. The van der Waals surface area contributed by atoms with Crippen LogP contribution in [-0.2, 0) is 11.2 Å². The van der Waals surface area contributed by atoms with Crippen LogP contribution in [0.25, 0.3) is 0 Å². The van der Waals surface area contributed by atoms with Crippen LogP contribution in [-0.4, -0.2) is 48.9 Å². The van der Waals surface area contributed by atoms with Gasteiger partial charge in [-0.2, -0.15) is 4.98 Å². The van der Waals surface area contributed by atoms with Gasteiger partial charge in [0.1, 0.15) is 11.6 Å². The number of halogens is 1. The van der Waals surface area contributed by atoms with Crippen molar-refractivity contribution >= 4 is 11.8 Å². The Balaban J connectivity index is 1.41. The SMILES string of the molecule is O=c1cc(N2CCOCC2)nc(N2C[C@@H]3C[C@@H]3[C@H]2Cc2ccc(F)cc2)[nH]1. The lowest BCUT2D eigenvalue weighted by atomic mass is 10.0. The molecule has 0 bridgehead atoms. The smallest absolute Gasteiger partial charge is 0.254 e. The maximum Gasteiger partial charge on any atom is 0.254 e. The molecule has 3 atom stereocenters. The molecule has 1 N–H and O–H groups in total. The lowest BCUT2D eigenvalue weighted by Crippen LogP contribution is -2.40. The largest absolute Gasteiger partial charge is 0.378 e. The van der Waals surface area contributed by atoms with Gasteiger partial charge in [0.2, 0.25) is 5.95 Å². The molecule has 1 aromatic carbocycles. The minimum atomic E-state index is -0.212. The molecule has 27 heavy (non-hydrogen) atoms. The Kier molecular flexibility index (Phi) is 4.11. The van der Waals surface area contributed by atoms with Gasteiger partial charge in [-0.1, -0.05) is 12.1 Å². The second kappa shape index (κ2) is 6.64. The van der Waals surface area contributed by atoms with E-state index in [0.717, 1.165) is 37.4 Å². The molecule has 0 radical (unpaired) electrons. The first-order valence-electron chi connectivity index (χ1n) is 9.62. The number of piperidine rings is 1. The highest BCUT2D eigenvalue weighted by Gasteiger charge is 2.52. The van der Waals surface area contributed by atoms with Gasteiger partial charge in [-0.15, -0.1) is 0 Å². The van der Waals surface area contributed by atoms with Crippen molar-refractivity contribution in [2.75, 3.05) is 42.6 Å². The zero-order chi connectivity index (χ0) is 18.4. The molecule has 2 aromatic rings. The molecule has 5 rings (SSSR count). The summed E-state index contributed by atoms with van der Waals surface area (Å²) in [5, 5.41) is 0. The summed E-state index contributed by atoms with van der Waals surface area (Å²) in [7, 11) is 0. The zero-order valence-corrected chi connectivity index (χ0v) is 15.1. The van der Waals surface area contributed by atoms with E-state index in [1.807, 2.05) is 12.1 Å². The van der Waals surface area contributed by atoms with E-state index in [9.17, 15) is 9.18 Å². The minimum Gasteiger partial charge on any atom is -0.378 e. The molecule has 0 spiro atoms. The summed E-state index contributed by atoms with van der Waals surface area (Å²) >= 11 is 0. The molecular weight excluding hydrogens is 347 g/mol. The summed E-state index contributed by atoms with van der Waals surface area (Å²) in [5.41, 5.74) is 0.994. The van der Waals surface area contributed by atoms with Gasteiger partial charge >= 0.3 is 0 Å². The molecule has 6 nitrogen and oxygen atoms in total. The number of ether oxygens (including phenoxy) is 1. The van der Waals surface area contributed by atoms with E-state index in [0.29, 0.717) is 37.0 Å². The number of H-pyrrole nitrogens is 1. The molecule has 1 aliphatic carbocycles. The molecule has 2 aliphatic heterocycles. The molecular formula is C20H23FN4O2. The zero-order valence-electron chi connectivity index (χ0n) is 15.1. The van der Waals surface area contributed by atoms with E-state index in [1.54, 1.807) is 6.07 Å². The third kappa shape index (κ3) is 3.32. The Morgan fingerprint density at radius 1 is 1.22 bits per heavy atom. The van der Waals surface area contributed by atoms with E-state index in [4.69, 9.17) is 9.72 Å². The lowest BCUT2D eigenvalue weighted by Gasteiger charge is -2.31. The van der Waals surface area contributed by atoms with Gasteiger partial charge in [-0.05, 0) is 42.4 Å². The number of benzene rings is 1. The normalized spacial score (nSPS) is 26.9. The fraction of sp³-hybridized carbons (Fsp3) is 0.500. The van der Waals surface area contributed by atoms with Gasteiger partial charge in [0, 0.05) is 31.7 Å². The van der Waals surface area contributed by atoms with E-state index in [1.165, 1.54) is 18.6 Å². The molecule has 0 unspecified atom stereocenters. The molecule has 0 amide bonds. The summed E-state index contributed by atoms with van der Waals surface area (Å²) in [5.74, 6) is 2.47. The molecule has 1 saturated carbocycles. The van der Waals surface area contributed by atoms with E-state index >= 15 is 0 Å². The van der Waals surface area contributed by atoms with Crippen molar-refractivity contribution in [1.29, 1.82) is 0 Å². The standard InChI is InChI=1S/C20H23FN4O2/c21-15-3-1-13(2-4-15)9-17-16-10-14(16)12-25(17)20-22-18(11-19(26)23-20)24-5-7-27-8-6-24/h1-4,11,14,16-17H,5-10,12H2,(H,22,23,26)/t14-,16-,17+/m0/s1. The first-order chi connectivity index (χ1) is 13.2. The Bertz CT molecular complexity index is 878. The molecule has 7 heteroatoms. The number of aromatic nitrogens is 2. The van der Waals surface area contributed by atoms with Gasteiger partial charge in [-0.25, -0.2) is 4.39 Å². The third-order valence-corrected chi connectivity index (χ3v) is 5.98. The van der Waals surface area contributed by atoms with Crippen molar-refractivity contribution in [3.05, 3.63) is 52.1 Å². The second-order valence-electron chi connectivity index (χ2n) is 7.74. The molecule has 2 saturated heterocycles. The Morgan fingerprint density at radius 3 is 2.78 bits per heavy atom. The van der Waals surface area contributed by atoms with Crippen LogP contribution in [0, 0.1) is 17.7 Å². The van der Waals surface area contributed by atoms with Crippen molar-refractivity contribution in [1.82, 2.24) is 9.97 Å². The van der Waals surface area contributed by atoms with Crippen LogP contribution in [0.2, 0.25) is 0 Å². The van der Waals surface area contributed by atoms with Crippen LogP contribution in [0.4, 0.5) is 16.2 Å². The van der Waals surface area contributed by atoms with Crippen molar-refractivity contribution in [3.8, 4) is 0 Å². The van der Waals surface area contributed by atoms with E-state index in [2.05, 4.69) is 14.8 Å². The van der Waals surface area contributed by atoms with Crippen LogP contribution in [0.1, 0.15) is 12.0 Å². The fourth-order valence-electron chi connectivity index (χ4n) is 4.46. The second-order valence-corrected chi connectivity index (χ2v) is 7.74. The summed E-state index contributed by atoms with van der Waals surface area (Å²) < 4.78 is 18.6. The number of morpholine rings is 1. The van der Waals surface area contributed by atoms with Crippen LogP contribution >= 0.6 is 0 Å². The molecule has 1 aromatic heterocycles. The molecule has 3 aliphatic rings. The number of hydrogen-bond donors (Lipinski definition) is 1. The van der Waals surface area contributed by atoms with Gasteiger partial charge < -0.3 is 14.5 Å². The number of fused-ring (bicyclic) bond motifs is 1. The number of nitrogens with zero attached hydrogens (tertiary/aromatic N) is 3. The number of aromatic amines is 1. The topological polar surface area (TPSA) is 61.5 Å². The van der Waals surface area contributed by atoms with Gasteiger partial charge in [0.25, 0.3) is 5.56 Å². The van der Waals surface area contributed by atoms with Gasteiger partial charge in [0.05, 0.1) is 13.2 Å². The molecule has 142 valence electrons. The number of hydrogen-bond acceptors (Lipinski definition) is 5. The van der Waals surface area contributed by atoms with Crippen LogP contribution in [0.3, 0.4) is 0 Å². The van der Waals surface area contributed by atoms with E-state index < -0.39 is 0 Å². The maximum absolute atomic E-state index is 13.2. The predicted octanol–water partition coefficient (Wildman–Crippen LogP) is 1.81. The van der Waals surface area contributed by atoms with Crippen molar-refractivity contribution in [2.45, 2.75) is 18.9 Å². The highest BCUT2D eigenvalue weighted by Crippen LogP contribution is 2.51. The van der Waals surface area contributed by atoms with Crippen molar-refractivity contribution in [3.63, 3.8) is 0 Å². The number of nitrogens with one attached hydrogen (secondary N) is 1.